The van der Waals surface area contributed by atoms with E-state index in [0.717, 1.165) is 26.2 Å². The third-order valence-corrected chi connectivity index (χ3v) is 3.40. The largest absolute Gasteiger partial charge is 0.317 e. The summed E-state index contributed by atoms with van der Waals surface area (Å²) >= 11 is 0. The Morgan fingerprint density at radius 1 is 0.714 bits per heavy atom. The van der Waals surface area contributed by atoms with Gasteiger partial charge in [0, 0.05) is 12.1 Å². The average molecular weight is 302 g/mol. The zero-order valence-corrected chi connectivity index (χ0v) is 15.7. The molecule has 130 valence electrons. The first-order chi connectivity index (χ1) is 10.2. The quantitative estimate of drug-likeness (QED) is 0.451. The molecule has 0 saturated carbocycles. The number of hydrogen-bond donors (Lipinski definition) is 3. The number of nitrogens with one attached hydrogen (secondary N) is 3. The van der Waals surface area contributed by atoms with Crippen LogP contribution in [0.4, 0.5) is 0 Å². The van der Waals surface area contributed by atoms with Crippen molar-refractivity contribution in [3.8, 4) is 0 Å². The van der Waals surface area contributed by atoms with Gasteiger partial charge in [0.25, 0.3) is 0 Å². The molecule has 0 amide bonds. The molecular formula is C18H43N3. The molecule has 0 radical (unpaired) electrons. The van der Waals surface area contributed by atoms with Crippen LogP contribution in [0.15, 0.2) is 0 Å². The van der Waals surface area contributed by atoms with Crippen LogP contribution >= 0.6 is 0 Å². The van der Waals surface area contributed by atoms with E-state index < -0.39 is 0 Å². The van der Waals surface area contributed by atoms with Gasteiger partial charge < -0.3 is 16.0 Å². The maximum Gasteiger partial charge on any atom is 0.0215 e. The number of rotatable bonds is 13. The Hall–Kier alpha value is -0.120. The van der Waals surface area contributed by atoms with E-state index in [0.29, 0.717) is 12.1 Å². The van der Waals surface area contributed by atoms with E-state index in [-0.39, 0.29) is 0 Å². The van der Waals surface area contributed by atoms with Gasteiger partial charge >= 0.3 is 0 Å². The summed E-state index contributed by atoms with van der Waals surface area (Å²) in [5.74, 6) is 0. The Morgan fingerprint density at radius 3 is 1.86 bits per heavy atom. The Balaban J connectivity index is 0. The van der Waals surface area contributed by atoms with Crippen molar-refractivity contribution in [1.29, 1.82) is 0 Å². The van der Waals surface area contributed by atoms with Crippen molar-refractivity contribution in [2.24, 2.45) is 0 Å². The summed E-state index contributed by atoms with van der Waals surface area (Å²) in [5.41, 5.74) is 0. The normalized spacial score (nSPS) is 13.4. The smallest absolute Gasteiger partial charge is 0.0215 e. The van der Waals surface area contributed by atoms with Crippen LogP contribution in [-0.2, 0) is 0 Å². The SMILES string of the molecule is CCC.CCCCNC(C)C(CC)NCCCNCCC. The Bertz CT molecular complexity index is 174. The molecule has 0 aliphatic rings. The van der Waals surface area contributed by atoms with Crippen molar-refractivity contribution in [3.63, 3.8) is 0 Å². The van der Waals surface area contributed by atoms with Gasteiger partial charge in [-0.25, -0.2) is 0 Å². The van der Waals surface area contributed by atoms with Gasteiger partial charge in [0.1, 0.15) is 0 Å². The van der Waals surface area contributed by atoms with E-state index in [1.165, 1.54) is 38.5 Å². The molecule has 0 spiro atoms. The summed E-state index contributed by atoms with van der Waals surface area (Å²) in [6, 6.07) is 1.18. The second-order valence-electron chi connectivity index (χ2n) is 5.88. The molecule has 3 N–H and O–H groups in total. The Labute approximate surface area is 135 Å². The highest BCUT2D eigenvalue weighted by molar-refractivity contribution is 4.77. The van der Waals surface area contributed by atoms with E-state index in [2.05, 4.69) is 57.5 Å². The molecule has 0 aromatic rings. The second kappa shape index (κ2) is 19.9. The van der Waals surface area contributed by atoms with Crippen LogP contribution in [0.2, 0.25) is 0 Å². The first-order valence-electron chi connectivity index (χ1n) is 9.35. The van der Waals surface area contributed by atoms with Gasteiger partial charge in [0.2, 0.25) is 0 Å². The fourth-order valence-corrected chi connectivity index (χ4v) is 2.13. The topological polar surface area (TPSA) is 36.1 Å². The first kappa shape index (κ1) is 23.2. The van der Waals surface area contributed by atoms with E-state index in [9.17, 15) is 0 Å². The van der Waals surface area contributed by atoms with Crippen LogP contribution in [0.25, 0.3) is 0 Å². The van der Waals surface area contributed by atoms with Crippen molar-refractivity contribution in [2.75, 3.05) is 26.2 Å². The third-order valence-electron chi connectivity index (χ3n) is 3.40. The van der Waals surface area contributed by atoms with Crippen molar-refractivity contribution in [3.05, 3.63) is 0 Å². The van der Waals surface area contributed by atoms with E-state index >= 15 is 0 Å². The monoisotopic (exact) mass is 301 g/mol. The Kier molecular flexibility index (Phi) is 21.9. The lowest BCUT2D eigenvalue weighted by molar-refractivity contribution is 0.374. The van der Waals surface area contributed by atoms with Gasteiger partial charge in [-0.15, -0.1) is 0 Å². The maximum absolute atomic E-state index is 3.67. The summed E-state index contributed by atoms with van der Waals surface area (Å²) in [4.78, 5) is 0. The van der Waals surface area contributed by atoms with Crippen LogP contribution < -0.4 is 16.0 Å². The minimum atomic E-state index is 0.574. The molecule has 21 heavy (non-hydrogen) atoms. The molecule has 2 atom stereocenters. The molecule has 0 heterocycles. The molecule has 0 aromatic heterocycles. The summed E-state index contributed by atoms with van der Waals surface area (Å²) in [6.45, 7) is 17.8. The molecule has 0 aliphatic heterocycles. The van der Waals surface area contributed by atoms with Gasteiger partial charge in [-0.05, 0) is 58.8 Å². The van der Waals surface area contributed by atoms with Gasteiger partial charge in [0.15, 0.2) is 0 Å². The fraction of sp³-hybridized carbons (Fsp3) is 1.00. The molecule has 0 rings (SSSR count). The first-order valence-corrected chi connectivity index (χ1v) is 9.35. The average Bonchev–Trinajstić information content (AvgIpc) is 2.47. The van der Waals surface area contributed by atoms with Gasteiger partial charge in [-0.1, -0.05) is 47.5 Å². The lowest BCUT2D eigenvalue weighted by Gasteiger charge is -2.25. The molecule has 0 aromatic carbocycles. The van der Waals surface area contributed by atoms with Crippen molar-refractivity contribution in [2.45, 2.75) is 92.2 Å². The lowest BCUT2D eigenvalue weighted by Crippen LogP contribution is -2.46. The van der Waals surface area contributed by atoms with Crippen molar-refractivity contribution >= 4 is 0 Å². The van der Waals surface area contributed by atoms with Crippen molar-refractivity contribution in [1.82, 2.24) is 16.0 Å². The molecule has 0 bridgehead atoms. The summed E-state index contributed by atoms with van der Waals surface area (Å²) < 4.78 is 0. The molecule has 3 heteroatoms. The summed E-state index contributed by atoms with van der Waals surface area (Å²) in [7, 11) is 0. The van der Waals surface area contributed by atoms with Crippen LogP contribution in [0, 0.1) is 0 Å². The molecule has 0 aliphatic carbocycles. The lowest BCUT2D eigenvalue weighted by atomic mass is 10.1. The van der Waals surface area contributed by atoms with Gasteiger partial charge in [-0.3, -0.25) is 0 Å². The van der Waals surface area contributed by atoms with Gasteiger partial charge in [-0.2, -0.15) is 0 Å². The zero-order chi connectivity index (χ0) is 16.3. The van der Waals surface area contributed by atoms with Gasteiger partial charge in [0.05, 0.1) is 0 Å². The second-order valence-corrected chi connectivity index (χ2v) is 5.88. The highest BCUT2D eigenvalue weighted by Gasteiger charge is 2.13. The highest BCUT2D eigenvalue weighted by Crippen LogP contribution is 1.99. The highest BCUT2D eigenvalue weighted by atomic mass is 15.0. The van der Waals surface area contributed by atoms with Crippen LogP contribution in [0.5, 0.6) is 0 Å². The van der Waals surface area contributed by atoms with Crippen LogP contribution in [-0.4, -0.2) is 38.3 Å². The number of unbranched alkanes of at least 4 members (excludes halogenated alkanes) is 1. The minimum absolute atomic E-state index is 0.574. The summed E-state index contributed by atoms with van der Waals surface area (Å²) in [5, 5.41) is 10.7. The Morgan fingerprint density at radius 2 is 1.33 bits per heavy atom. The molecular weight excluding hydrogens is 258 g/mol. The third kappa shape index (κ3) is 17.8. The zero-order valence-electron chi connectivity index (χ0n) is 15.7. The molecule has 0 fully saturated rings. The maximum atomic E-state index is 3.67. The fourth-order valence-electron chi connectivity index (χ4n) is 2.13. The molecule has 3 nitrogen and oxygen atoms in total. The van der Waals surface area contributed by atoms with Crippen LogP contribution in [0.3, 0.4) is 0 Å². The van der Waals surface area contributed by atoms with E-state index in [1.807, 2.05) is 0 Å². The standard InChI is InChI=1S/C15H35N3.C3H8/c1-5-8-12-17-14(4)15(7-3)18-13-9-11-16-10-6-2;1-3-2/h14-18H,5-13H2,1-4H3;3H2,1-2H3. The molecule has 2 unspecified atom stereocenters. The number of hydrogen-bond acceptors (Lipinski definition) is 3. The predicted molar refractivity (Wildman–Crippen MR) is 98.2 cm³/mol. The van der Waals surface area contributed by atoms with E-state index in [4.69, 9.17) is 0 Å². The molecule has 0 saturated heterocycles. The summed E-state index contributed by atoms with van der Waals surface area (Å²) in [6.07, 6.45) is 7.44. The van der Waals surface area contributed by atoms with Crippen LogP contribution in [0.1, 0.15) is 80.1 Å². The van der Waals surface area contributed by atoms with E-state index in [1.54, 1.807) is 0 Å². The van der Waals surface area contributed by atoms with Crippen molar-refractivity contribution < 1.29 is 0 Å². The predicted octanol–water partition coefficient (Wildman–Crippen LogP) is 3.94. The minimum Gasteiger partial charge on any atom is -0.317 e.